The van der Waals surface area contributed by atoms with Gasteiger partial charge in [-0.05, 0) is 81.3 Å². The predicted octanol–water partition coefficient (Wildman–Crippen LogP) is 6.59. The molecular formula is C32H34ClN3O5. The average molecular weight is 576 g/mol. The zero-order valence-electron chi connectivity index (χ0n) is 23.6. The van der Waals surface area contributed by atoms with Gasteiger partial charge in [-0.25, -0.2) is 9.59 Å². The summed E-state index contributed by atoms with van der Waals surface area (Å²) < 4.78 is 11.3. The lowest BCUT2D eigenvalue weighted by atomic mass is 9.93. The van der Waals surface area contributed by atoms with Gasteiger partial charge in [0, 0.05) is 36.4 Å². The summed E-state index contributed by atoms with van der Waals surface area (Å²) in [5.74, 6) is 0.697. The summed E-state index contributed by atoms with van der Waals surface area (Å²) in [4.78, 5) is 42.6. The highest BCUT2D eigenvalue weighted by atomic mass is 35.5. The Kier molecular flexibility index (Phi) is 9.68. The predicted molar refractivity (Wildman–Crippen MR) is 158 cm³/mol. The van der Waals surface area contributed by atoms with E-state index in [0.29, 0.717) is 51.9 Å². The Hall–Kier alpha value is -4.30. The Morgan fingerprint density at radius 3 is 2.34 bits per heavy atom. The van der Waals surface area contributed by atoms with Crippen LogP contribution in [0.5, 0.6) is 11.5 Å². The first kappa shape index (κ1) is 29.7. The molecule has 8 nitrogen and oxygen atoms in total. The summed E-state index contributed by atoms with van der Waals surface area (Å²) in [6.07, 6.45) is 0.153. The lowest BCUT2D eigenvalue weighted by Gasteiger charge is -2.38. The molecule has 1 atom stereocenters. The van der Waals surface area contributed by atoms with E-state index in [2.05, 4.69) is 5.32 Å². The molecule has 0 saturated heterocycles. The highest BCUT2D eigenvalue weighted by Gasteiger charge is 2.38. The number of nitrogens with zero attached hydrogens (tertiary/aromatic N) is 2. The lowest BCUT2D eigenvalue weighted by molar-refractivity contribution is -0.143. The average Bonchev–Trinajstić information content (AvgIpc) is 2.94. The molecule has 0 bridgehead atoms. The fourth-order valence-electron chi connectivity index (χ4n) is 4.66. The standard InChI is InChI=1S/C32H34ClN3O5/c1-21(2)40-31(38)28-22(3)34-32(39)36(29(28)24-10-8-11-25(33)20-24)19-9-18-35(4)30(37)23-14-16-27(17-15-23)41-26-12-6-5-7-13-26/h5-8,10-17,20-21,29H,9,18-19H2,1-4H3,(H,34,39). The smallest absolute Gasteiger partial charge is 0.338 e. The number of amides is 3. The van der Waals surface area contributed by atoms with E-state index in [1.54, 1.807) is 80.1 Å². The Labute approximate surface area is 245 Å². The van der Waals surface area contributed by atoms with E-state index in [9.17, 15) is 14.4 Å². The van der Waals surface area contributed by atoms with Crippen molar-refractivity contribution in [1.29, 1.82) is 0 Å². The van der Waals surface area contributed by atoms with Crippen LogP contribution in [0.4, 0.5) is 4.79 Å². The van der Waals surface area contributed by atoms with Crippen molar-refractivity contribution in [1.82, 2.24) is 15.1 Å². The number of hydrogen-bond acceptors (Lipinski definition) is 5. The Morgan fingerprint density at radius 2 is 1.68 bits per heavy atom. The number of nitrogens with one attached hydrogen (secondary N) is 1. The van der Waals surface area contributed by atoms with Crippen LogP contribution in [-0.2, 0) is 9.53 Å². The molecule has 1 heterocycles. The van der Waals surface area contributed by atoms with E-state index in [-0.39, 0.29) is 24.6 Å². The molecule has 1 N–H and O–H groups in total. The lowest BCUT2D eigenvalue weighted by Crippen LogP contribution is -2.49. The van der Waals surface area contributed by atoms with Gasteiger partial charge in [-0.3, -0.25) is 4.79 Å². The Balaban J connectivity index is 1.45. The highest BCUT2D eigenvalue weighted by molar-refractivity contribution is 6.30. The van der Waals surface area contributed by atoms with Crippen LogP contribution in [0, 0.1) is 0 Å². The molecule has 3 aromatic carbocycles. The second kappa shape index (κ2) is 13.4. The second-order valence-corrected chi connectivity index (χ2v) is 10.5. The van der Waals surface area contributed by atoms with Crippen molar-refractivity contribution in [2.75, 3.05) is 20.1 Å². The summed E-state index contributed by atoms with van der Waals surface area (Å²) in [5.41, 5.74) is 2.01. The van der Waals surface area contributed by atoms with E-state index in [0.717, 1.165) is 0 Å². The number of benzene rings is 3. The minimum Gasteiger partial charge on any atom is -0.459 e. The summed E-state index contributed by atoms with van der Waals surface area (Å²) in [7, 11) is 1.72. The van der Waals surface area contributed by atoms with E-state index >= 15 is 0 Å². The van der Waals surface area contributed by atoms with Gasteiger partial charge in [0.15, 0.2) is 0 Å². The summed E-state index contributed by atoms with van der Waals surface area (Å²) in [6.45, 7) is 5.92. The number of rotatable bonds is 10. The molecule has 3 amide bonds. The van der Waals surface area contributed by atoms with E-state index < -0.39 is 12.0 Å². The van der Waals surface area contributed by atoms with Crippen molar-refractivity contribution in [3.8, 4) is 11.5 Å². The molecule has 0 aromatic heterocycles. The first-order chi connectivity index (χ1) is 19.6. The summed E-state index contributed by atoms with van der Waals surface area (Å²) in [5, 5.41) is 3.29. The zero-order valence-corrected chi connectivity index (χ0v) is 24.4. The molecular weight excluding hydrogens is 542 g/mol. The fourth-order valence-corrected chi connectivity index (χ4v) is 4.86. The van der Waals surface area contributed by atoms with E-state index in [1.807, 2.05) is 36.4 Å². The molecule has 1 aliphatic rings. The molecule has 0 radical (unpaired) electrons. The van der Waals surface area contributed by atoms with Crippen LogP contribution in [0.1, 0.15) is 49.2 Å². The van der Waals surface area contributed by atoms with Gasteiger partial charge in [-0.15, -0.1) is 0 Å². The number of carbonyl (C=O) groups is 3. The van der Waals surface area contributed by atoms with Gasteiger partial charge in [0.05, 0.1) is 17.7 Å². The largest absolute Gasteiger partial charge is 0.459 e. The molecule has 3 aromatic rings. The molecule has 1 aliphatic heterocycles. The zero-order chi connectivity index (χ0) is 29.5. The van der Waals surface area contributed by atoms with Crippen LogP contribution in [0.3, 0.4) is 0 Å². The number of allylic oxidation sites excluding steroid dienone is 1. The maximum absolute atomic E-state index is 13.2. The quantitative estimate of drug-likeness (QED) is 0.276. The molecule has 4 rings (SSSR count). The van der Waals surface area contributed by atoms with Crippen LogP contribution in [0.2, 0.25) is 5.02 Å². The number of urea groups is 1. The van der Waals surface area contributed by atoms with Crippen LogP contribution in [0.15, 0.2) is 90.1 Å². The van der Waals surface area contributed by atoms with Crippen molar-refractivity contribution < 1.29 is 23.9 Å². The van der Waals surface area contributed by atoms with Crippen molar-refractivity contribution in [3.05, 3.63) is 106 Å². The first-order valence-electron chi connectivity index (χ1n) is 13.5. The number of esters is 1. The molecule has 0 fully saturated rings. The molecule has 9 heteroatoms. The van der Waals surface area contributed by atoms with Crippen molar-refractivity contribution in [2.45, 2.75) is 39.3 Å². The van der Waals surface area contributed by atoms with Crippen molar-refractivity contribution in [2.24, 2.45) is 0 Å². The molecule has 0 saturated carbocycles. The van der Waals surface area contributed by atoms with Gasteiger partial charge in [-0.1, -0.05) is 41.9 Å². The second-order valence-electron chi connectivity index (χ2n) is 10.1. The normalized spacial score (nSPS) is 15.0. The minimum atomic E-state index is -0.688. The van der Waals surface area contributed by atoms with Crippen molar-refractivity contribution >= 4 is 29.5 Å². The van der Waals surface area contributed by atoms with Gasteiger partial charge < -0.3 is 24.6 Å². The van der Waals surface area contributed by atoms with Gasteiger partial charge in [0.1, 0.15) is 11.5 Å². The first-order valence-corrected chi connectivity index (χ1v) is 13.8. The van der Waals surface area contributed by atoms with Gasteiger partial charge in [0.2, 0.25) is 0 Å². The van der Waals surface area contributed by atoms with Crippen LogP contribution in [-0.4, -0.2) is 53.9 Å². The van der Waals surface area contributed by atoms with Gasteiger partial charge in [0.25, 0.3) is 5.91 Å². The monoisotopic (exact) mass is 575 g/mol. The number of halogens is 1. The van der Waals surface area contributed by atoms with E-state index in [4.69, 9.17) is 21.1 Å². The number of carbonyl (C=O) groups excluding carboxylic acids is 3. The maximum Gasteiger partial charge on any atom is 0.338 e. The van der Waals surface area contributed by atoms with E-state index in [1.165, 1.54) is 0 Å². The third kappa shape index (κ3) is 7.46. The number of ether oxygens (including phenoxy) is 2. The third-order valence-corrected chi connectivity index (χ3v) is 6.83. The Morgan fingerprint density at radius 1 is 1.00 bits per heavy atom. The summed E-state index contributed by atoms with van der Waals surface area (Å²) >= 11 is 6.28. The summed E-state index contributed by atoms with van der Waals surface area (Å²) in [6, 6.07) is 22.5. The van der Waals surface area contributed by atoms with Crippen molar-refractivity contribution in [3.63, 3.8) is 0 Å². The van der Waals surface area contributed by atoms with Gasteiger partial charge >= 0.3 is 12.0 Å². The third-order valence-electron chi connectivity index (χ3n) is 6.59. The Bertz CT molecular complexity index is 1420. The fraction of sp³-hybridized carbons (Fsp3) is 0.281. The molecule has 0 spiro atoms. The highest BCUT2D eigenvalue weighted by Crippen LogP contribution is 2.35. The topological polar surface area (TPSA) is 88.2 Å². The minimum absolute atomic E-state index is 0.150. The molecule has 0 aliphatic carbocycles. The van der Waals surface area contributed by atoms with Gasteiger partial charge in [-0.2, -0.15) is 0 Å². The number of para-hydroxylation sites is 1. The van der Waals surface area contributed by atoms with Crippen LogP contribution < -0.4 is 10.1 Å². The SMILES string of the molecule is CC1=C(C(=O)OC(C)C)C(c2cccc(Cl)c2)N(CCCN(C)C(=O)c2ccc(Oc3ccccc3)cc2)C(=O)N1. The maximum atomic E-state index is 13.2. The molecule has 41 heavy (non-hydrogen) atoms. The molecule has 1 unspecified atom stereocenters. The van der Waals surface area contributed by atoms with Crippen LogP contribution in [0.25, 0.3) is 0 Å². The molecule has 214 valence electrons. The number of hydrogen-bond donors (Lipinski definition) is 1. The van der Waals surface area contributed by atoms with Crippen LogP contribution >= 0.6 is 11.6 Å².